The number of quaternary nitrogens is 2. The summed E-state index contributed by atoms with van der Waals surface area (Å²) < 4.78 is 71.2. The molecule has 0 aromatic heterocycles. The minimum absolute atomic E-state index is 0.186. The van der Waals surface area contributed by atoms with Gasteiger partial charge >= 0.3 is 0 Å². The summed E-state index contributed by atoms with van der Waals surface area (Å²) in [5.74, 6) is -4.69. The van der Waals surface area contributed by atoms with E-state index in [0.717, 1.165) is 51.4 Å². The lowest BCUT2D eigenvalue weighted by Crippen LogP contribution is -2.89. The van der Waals surface area contributed by atoms with Crippen LogP contribution in [0.15, 0.2) is 0 Å². The van der Waals surface area contributed by atoms with Crippen molar-refractivity contribution in [3.8, 4) is 0 Å². The normalized spacial score (nSPS) is 14.2. The number of hydrogen-bond donors (Lipinski definition) is 4. The zero-order valence-corrected chi connectivity index (χ0v) is 38.0. The zero-order valence-electron chi connectivity index (χ0n) is 36.3. The Morgan fingerprint density at radius 1 is 0.444 bits per heavy atom. The van der Waals surface area contributed by atoms with Gasteiger partial charge in [0, 0.05) is 0 Å². The van der Waals surface area contributed by atoms with Crippen molar-refractivity contribution in [1.82, 2.24) is 0 Å². The van der Waals surface area contributed by atoms with Crippen LogP contribution in [-0.4, -0.2) is 109 Å². The highest BCUT2D eigenvalue weighted by Crippen LogP contribution is 2.46. The lowest BCUT2D eigenvalue weighted by atomic mass is 9.85. The van der Waals surface area contributed by atoms with Gasteiger partial charge in [-0.2, -0.15) is 16.8 Å². The van der Waals surface area contributed by atoms with Crippen molar-refractivity contribution in [1.29, 1.82) is 0 Å². The maximum atomic E-state index is 13.2. The van der Waals surface area contributed by atoms with Crippen LogP contribution in [0.1, 0.15) is 207 Å². The summed E-state index contributed by atoms with van der Waals surface area (Å²) >= 11 is 0. The first-order valence-electron chi connectivity index (χ1n) is 22.3. The number of unbranched alkanes of at least 4 members (excludes halogenated alkanes) is 26. The molecule has 12 heteroatoms. The summed E-state index contributed by atoms with van der Waals surface area (Å²) in [5.41, 5.74) is -2.17. The lowest BCUT2D eigenvalue weighted by molar-refractivity contribution is -1.15. The lowest BCUT2D eigenvalue weighted by Gasteiger charge is -2.61. The Morgan fingerprint density at radius 3 is 0.889 bits per heavy atom. The SMILES string of the molecule is CCCCCCCCCCCCCCCC[N+](C)(C)C(C(CC)S(=O)(=O)O)(C(O)(O)CS(=O)(=O)O)[N+](C)(C)CCCCCCCCCCCCCCCC. The van der Waals surface area contributed by atoms with E-state index in [4.69, 9.17) is 0 Å². The van der Waals surface area contributed by atoms with Crippen molar-refractivity contribution in [2.45, 2.75) is 224 Å². The van der Waals surface area contributed by atoms with Crippen LogP contribution in [0.2, 0.25) is 0 Å². The molecule has 4 N–H and O–H groups in total. The second-order valence-corrected chi connectivity index (χ2v) is 20.7. The Hall–Kier alpha value is -0.340. The van der Waals surface area contributed by atoms with Crippen LogP contribution in [0, 0.1) is 0 Å². The Labute approximate surface area is 334 Å². The molecule has 10 nitrogen and oxygen atoms in total. The van der Waals surface area contributed by atoms with Crippen LogP contribution < -0.4 is 0 Å². The van der Waals surface area contributed by atoms with Crippen molar-refractivity contribution in [3.63, 3.8) is 0 Å². The Balaban J connectivity index is 5.62. The standard InChI is InChI=1S/C42H88N2O8S2/c1-8-11-13-15-17-19-21-23-25-27-29-31-33-35-37-43(4,5)42(40(10-3)54(50,51)52,41(45,46)39-53(47,48)49)44(6,7)38-36-34-32-30-28-26-24-22-20-18-16-14-12-9-2/h40,45-46H,8-39H2,1-7H3/p+2. The molecule has 0 radical (unpaired) electrons. The van der Waals surface area contributed by atoms with Crippen molar-refractivity contribution in [2.24, 2.45) is 0 Å². The molecule has 0 aliphatic rings. The van der Waals surface area contributed by atoms with Gasteiger partial charge in [0.05, 0.1) is 41.3 Å². The Kier molecular flexibility index (Phi) is 28.0. The molecule has 326 valence electrons. The van der Waals surface area contributed by atoms with Gasteiger partial charge in [0.1, 0.15) is 5.75 Å². The van der Waals surface area contributed by atoms with Crippen LogP contribution in [0.25, 0.3) is 0 Å². The van der Waals surface area contributed by atoms with Gasteiger partial charge in [-0.25, -0.2) is 0 Å². The van der Waals surface area contributed by atoms with Crippen LogP contribution in [-0.2, 0) is 20.2 Å². The van der Waals surface area contributed by atoms with E-state index in [1.807, 2.05) is 0 Å². The van der Waals surface area contributed by atoms with E-state index in [0.29, 0.717) is 25.9 Å². The molecule has 0 aromatic carbocycles. The molecular formula is C42H90N2O8S2+2. The van der Waals surface area contributed by atoms with Gasteiger partial charge in [0.2, 0.25) is 0 Å². The maximum absolute atomic E-state index is 13.2. The number of likely N-dealkylation sites (N-methyl/N-ethyl adjacent to an activating group) is 2. The summed E-state index contributed by atoms with van der Waals surface area (Å²) in [4.78, 5) is 0. The molecule has 0 aliphatic carbocycles. The largest absolute Gasteiger partial charge is 0.355 e. The highest BCUT2D eigenvalue weighted by atomic mass is 32.2. The van der Waals surface area contributed by atoms with E-state index in [-0.39, 0.29) is 15.4 Å². The van der Waals surface area contributed by atoms with Crippen LogP contribution in [0.5, 0.6) is 0 Å². The van der Waals surface area contributed by atoms with E-state index in [2.05, 4.69) is 13.8 Å². The average Bonchev–Trinajstić information content (AvgIpc) is 3.05. The molecule has 54 heavy (non-hydrogen) atoms. The summed E-state index contributed by atoms with van der Waals surface area (Å²) in [6.45, 7) is 6.67. The topological polar surface area (TPSA) is 149 Å². The van der Waals surface area contributed by atoms with E-state index >= 15 is 0 Å². The van der Waals surface area contributed by atoms with Crippen LogP contribution >= 0.6 is 0 Å². The molecular weight excluding hydrogens is 725 g/mol. The van der Waals surface area contributed by atoms with Gasteiger partial charge in [-0.3, -0.25) is 18.1 Å². The minimum atomic E-state index is -4.97. The highest BCUT2D eigenvalue weighted by Gasteiger charge is 2.77. The van der Waals surface area contributed by atoms with Gasteiger partial charge < -0.3 is 10.2 Å². The fourth-order valence-electron chi connectivity index (χ4n) is 9.55. The third kappa shape index (κ3) is 20.4. The molecule has 1 atom stereocenters. The first-order chi connectivity index (χ1) is 25.3. The van der Waals surface area contributed by atoms with E-state index in [1.165, 1.54) is 116 Å². The third-order valence-corrected chi connectivity index (χ3v) is 14.3. The van der Waals surface area contributed by atoms with Crippen molar-refractivity contribution < 1.29 is 45.1 Å². The Bertz CT molecular complexity index is 1100. The van der Waals surface area contributed by atoms with Gasteiger partial charge in [0.25, 0.3) is 31.7 Å². The summed E-state index contributed by atoms with van der Waals surface area (Å²) in [6.07, 6.45) is 32.6. The third-order valence-electron chi connectivity index (χ3n) is 12.1. The fourth-order valence-corrected chi connectivity index (χ4v) is 11.9. The smallest absolute Gasteiger partial charge is 0.300 e. The number of aliphatic hydroxyl groups is 2. The predicted molar refractivity (Wildman–Crippen MR) is 227 cm³/mol. The van der Waals surface area contributed by atoms with E-state index < -0.39 is 42.7 Å². The van der Waals surface area contributed by atoms with Gasteiger partial charge in [-0.05, 0) is 32.1 Å². The molecule has 0 heterocycles. The molecule has 0 saturated carbocycles. The van der Waals surface area contributed by atoms with Gasteiger partial charge in [-0.15, -0.1) is 0 Å². The Morgan fingerprint density at radius 2 is 0.685 bits per heavy atom. The minimum Gasteiger partial charge on any atom is -0.355 e. The highest BCUT2D eigenvalue weighted by molar-refractivity contribution is 7.86. The van der Waals surface area contributed by atoms with Gasteiger partial charge in [0.15, 0.2) is 5.25 Å². The van der Waals surface area contributed by atoms with E-state index in [9.17, 15) is 36.2 Å². The first-order valence-corrected chi connectivity index (χ1v) is 25.4. The molecule has 0 amide bonds. The second-order valence-electron chi connectivity index (χ2n) is 17.7. The first kappa shape index (κ1) is 53.7. The molecule has 0 spiro atoms. The summed E-state index contributed by atoms with van der Waals surface area (Å²) in [5, 5.41) is 22.1. The number of hydrogen-bond acceptors (Lipinski definition) is 6. The monoisotopic (exact) mass is 815 g/mol. The molecule has 0 saturated heterocycles. The summed E-state index contributed by atoms with van der Waals surface area (Å²) in [6, 6.07) is 0. The molecule has 0 aromatic rings. The van der Waals surface area contributed by atoms with Crippen LogP contribution in [0.3, 0.4) is 0 Å². The molecule has 0 aliphatic heterocycles. The molecule has 0 bridgehead atoms. The van der Waals surface area contributed by atoms with Crippen LogP contribution in [0.4, 0.5) is 0 Å². The predicted octanol–water partition coefficient (Wildman–Crippen LogP) is 10.0. The fraction of sp³-hybridized carbons (Fsp3) is 1.00. The number of rotatable bonds is 38. The zero-order chi connectivity index (χ0) is 41.2. The van der Waals surface area contributed by atoms with Gasteiger partial charge in [-0.1, -0.05) is 175 Å². The maximum Gasteiger partial charge on any atom is 0.300 e. The molecule has 0 rings (SSSR count). The molecule has 0 fully saturated rings. The van der Waals surface area contributed by atoms with E-state index in [1.54, 1.807) is 35.1 Å². The van der Waals surface area contributed by atoms with Crippen molar-refractivity contribution in [2.75, 3.05) is 47.0 Å². The van der Waals surface area contributed by atoms with Crippen molar-refractivity contribution in [3.05, 3.63) is 0 Å². The second kappa shape index (κ2) is 28.1. The van der Waals surface area contributed by atoms with Crippen molar-refractivity contribution >= 4 is 20.2 Å². The molecule has 1 unspecified atom stereocenters. The summed E-state index contributed by atoms with van der Waals surface area (Å²) in [7, 11) is -3.09. The average molecular weight is 815 g/mol. The quantitative estimate of drug-likeness (QED) is 0.0208. The number of nitrogens with zero attached hydrogens (tertiary/aromatic N) is 2.